The van der Waals surface area contributed by atoms with E-state index in [1.807, 2.05) is 36.4 Å². The molecule has 0 atom stereocenters. The molecule has 1 aliphatic heterocycles. The van der Waals surface area contributed by atoms with Gasteiger partial charge in [0.1, 0.15) is 19.0 Å². The van der Waals surface area contributed by atoms with Gasteiger partial charge in [0.2, 0.25) is 5.91 Å². The monoisotopic (exact) mass is 444 g/mol. The predicted octanol–water partition coefficient (Wildman–Crippen LogP) is 4.50. The van der Waals surface area contributed by atoms with Crippen LogP contribution in [0.2, 0.25) is 0 Å². The predicted molar refractivity (Wildman–Crippen MR) is 120 cm³/mol. The molecule has 4 rings (SSSR count). The third kappa shape index (κ3) is 4.65. The van der Waals surface area contributed by atoms with Crippen LogP contribution in [-0.4, -0.2) is 36.6 Å². The molecule has 0 saturated heterocycles. The Morgan fingerprint density at radius 1 is 1.20 bits per heavy atom. The Morgan fingerprint density at radius 2 is 1.93 bits per heavy atom. The van der Waals surface area contributed by atoms with E-state index in [1.54, 1.807) is 18.9 Å². The molecule has 0 saturated carbocycles. The van der Waals surface area contributed by atoms with Gasteiger partial charge in [-0.25, -0.2) is 0 Å². The second-order valence-electron chi connectivity index (χ2n) is 6.73. The lowest BCUT2D eigenvalue weighted by Crippen LogP contribution is -2.17. The molecule has 158 valence electrons. The first-order valence-electron chi connectivity index (χ1n) is 9.95. The number of hydrogen-bond donors (Lipinski definition) is 0. The molecule has 2 aromatic carbocycles. The lowest BCUT2D eigenvalue weighted by atomic mass is 10.2. The summed E-state index contributed by atoms with van der Waals surface area (Å²) in [6.07, 6.45) is 1.22. The van der Waals surface area contributed by atoms with Gasteiger partial charge < -0.3 is 18.8 Å². The average molecular weight is 445 g/mol. The molecule has 6 nitrogen and oxygen atoms in total. The van der Waals surface area contributed by atoms with Crippen molar-refractivity contribution in [2.75, 3.05) is 26.1 Å². The molecule has 0 spiro atoms. The van der Waals surface area contributed by atoms with E-state index in [0.29, 0.717) is 19.6 Å². The quantitative estimate of drug-likeness (QED) is 0.397. The minimum absolute atomic E-state index is 0.0867. The molecule has 0 fully saturated rings. The number of methoxy groups -OCH3 is 1. The number of aryl methyl sites for hydroxylation is 1. The number of thioether (sulfide) groups is 1. The fraction of sp³-hybridized carbons (Fsp3) is 0.364. The van der Waals surface area contributed by atoms with Gasteiger partial charge in [-0.1, -0.05) is 11.3 Å². The van der Waals surface area contributed by atoms with Crippen LogP contribution in [0.25, 0.3) is 10.2 Å². The highest BCUT2D eigenvalue weighted by Gasteiger charge is 2.16. The van der Waals surface area contributed by atoms with E-state index < -0.39 is 0 Å². The van der Waals surface area contributed by atoms with Crippen molar-refractivity contribution in [2.45, 2.75) is 31.2 Å². The van der Waals surface area contributed by atoms with Gasteiger partial charge in [-0.3, -0.25) is 4.79 Å². The van der Waals surface area contributed by atoms with Crippen molar-refractivity contribution in [2.24, 2.45) is 4.99 Å². The molecular weight excluding hydrogens is 420 g/mol. The summed E-state index contributed by atoms with van der Waals surface area (Å²) in [5, 5.41) is 0. The van der Waals surface area contributed by atoms with Gasteiger partial charge in [0, 0.05) is 30.0 Å². The fourth-order valence-corrected chi connectivity index (χ4v) is 5.22. The maximum Gasteiger partial charge on any atom is 0.248 e. The van der Waals surface area contributed by atoms with Gasteiger partial charge in [-0.2, -0.15) is 4.99 Å². The number of benzene rings is 2. The molecule has 2 heterocycles. The zero-order valence-electron chi connectivity index (χ0n) is 17.1. The highest BCUT2D eigenvalue weighted by molar-refractivity contribution is 7.99. The largest absolute Gasteiger partial charge is 0.497 e. The Bertz CT molecular complexity index is 1100. The number of aromatic nitrogens is 1. The van der Waals surface area contributed by atoms with Crippen molar-refractivity contribution in [1.82, 2.24) is 4.57 Å². The zero-order valence-corrected chi connectivity index (χ0v) is 18.7. The molecule has 1 aliphatic rings. The molecule has 0 N–H and O–H groups in total. The number of rotatable bonds is 7. The molecule has 0 bridgehead atoms. The average Bonchev–Trinajstić information content (AvgIpc) is 3.11. The van der Waals surface area contributed by atoms with Crippen LogP contribution in [0.1, 0.15) is 19.8 Å². The lowest BCUT2D eigenvalue weighted by Gasteiger charge is -2.18. The van der Waals surface area contributed by atoms with Crippen molar-refractivity contribution in [3.05, 3.63) is 41.2 Å². The Balaban J connectivity index is 1.42. The van der Waals surface area contributed by atoms with Crippen LogP contribution < -0.4 is 19.0 Å². The van der Waals surface area contributed by atoms with Crippen LogP contribution in [0, 0.1) is 0 Å². The number of fused-ring (bicyclic) bond motifs is 2. The zero-order chi connectivity index (χ0) is 20.9. The summed E-state index contributed by atoms with van der Waals surface area (Å²) in [7, 11) is 1.66. The maximum absolute atomic E-state index is 12.5. The van der Waals surface area contributed by atoms with Crippen molar-refractivity contribution >= 4 is 39.2 Å². The van der Waals surface area contributed by atoms with Crippen LogP contribution >= 0.6 is 23.1 Å². The van der Waals surface area contributed by atoms with E-state index >= 15 is 0 Å². The highest BCUT2D eigenvalue weighted by atomic mass is 32.2. The van der Waals surface area contributed by atoms with Crippen LogP contribution in [-0.2, 0) is 11.3 Å². The normalized spacial score (nSPS) is 13.6. The molecular formula is C22H24N2O4S2. The molecule has 8 heteroatoms. The van der Waals surface area contributed by atoms with Crippen molar-refractivity contribution < 1.29 is 19.0 Å². The minimum atomic E-state index is -0.0867. The van der Waals surface area contributed by atoms with E-state index in [2.05, 4.69) is 16.5 Å². The molecule has 1 aromatic heterocycles. The number of ether oxygens (including phenoxy) is 3. The van der Waals surface area contributed by atoms with Crippen LogP contribution in [0.15, 0.2) is 46.3 Å². The van der Waals surface area contributed by atoms with Gasteiger partial charge in [-0.05, 0) is 43.4 Å². The molecule has 0 radical (unpaired) electrons. The van der Waals surface area contributed by atoms with E-state index in [1.165, 1.54) is 16.2 Å². The summed E-state index contributed by atoms with van der Waals surface area (Å²) in [6, 6.07) is 11.9. The molecule has 30 heavy (non-hydrogen) atoms. The number of carbonyl (C=O) groups excluding carboxylic acids is 1. The van der Waals surface area contributed by atoms with Crippen LogP contribution in [0.4, 0.5) is 0 Å². The van der Waals surface area contributed by atoms with Crippen LogP contribution in [0.3, 0.4) is 0 Å². The first-order valence-corrected chi connectivity index (χ1v) is 11.8. The smallest absolute Gasteiger partial charge is 0.248 e. The summed E-state index contributed by atoms with van der Waals surface area (Å²) in [5.74, 6) is 3.14. The van der Waals surface area contributed by atoms with Gasteiger partial charge in [0.15, 0.2) is 16.3 Å². The Morgan fingerprint density at radius 3 is 2.63 bits per heavy atom. The van der Waals surface area contributed by atoms with Gasteiger partial charge in [-0.15, -0.1) is 11.8 Å². The first-order chi connectivity index (χ1) is 14.7. The Hall–Kier alpha value is -2.45. The number of hydrogen-bond acceptors (Lipinski definition) is 6. The maximum atomic E-state index is 12.5. The second-order valence-corrected chi connectivity index (χ2v) is 8.90. The van der Waals surface area contributed by atoms with Gasteiger partial charge in [0.05, 0.1) is 17.3 Å². The van der Waals surface area contributed by atoms with Crippen molar-refractivity contribution in [3.63, 3.8) is 0 Å². The van der Waals surface area contributed by atoms with Crippen molar-refractivity contribution in [1.29, 1.82) is 0 Å². The fourth-order valence-electron chi connectivity index (χ4n) is 3.25. The summed E-state index contributed by atoms with van der Waals surface area (Å²) in [5.41, 5.74) is 1.02. The van der Waals surface area contributed by atoms with E-state index in [9.17, 15) is 4.79 Å². The SMILES string of the molecule is CCn1c(=NC(=O)CCCSc2ccc(OC)cc2)sc2cc3c(cc21)OCCO3. The van der Waals surface area contributed by atoms with Gasteiger partial charge >= 0.3 is 0 Å². The molecule has 3 aromatic rings. The molecule has 0 aliphatic carbocycles. The number of carbonyl (C=O) groups is 1. The van der Waals surface area contributed by atoms with Gasteiger partial charge in [0.25, 0.3) is 0 Å². The van der Waals surface area contributed by atoms with Crippen LogP contribution in [0.5, 0.6) is 17.2 Å². The summed E-state index contributed by atoms with van der Waals surface area (Å²) >= 11 is 3.25. The van der Waals surface area contributed by atoms with Crippen molar-refractivity contribution in [3.8, 4) is 17.2 Å². The summed E-state index contributed by atoms with van der Waals surface area (Å²) in [6.45, 7) is 3.90. The van der Waals surface area contributed by atoms with E-state index in [4.69, 9.17) is 14.2 Å². The summed E-state index contributed by atoms with van der Waals surface area (Å²) in [4.78, 5) is 18.7. The highest BCUT2D eigenvalue weighted by Crippen LogP contribution is 2.35. The number of nitrogens with zero attached hydrogens (tertiary/aromatic N) is 2. The second kappa shape index (κ2) is 9.57. The third-order valence-corrected chi connectivity index (χ3v) is 6.89. The number of amides is 1. The minimum Gasteiger partial charge on any atom is -0.497 e. The Kier molecular flexibility index (Phi) is 6.64. The first kappa shape index (κ1) is 20.8. The number of thiazole rings is 1. The van der Waals surface area contributed by atoms with E-state index in [-0.39, 0.29) is 5.91 Å². The van der Waals surface area contributed by atoms with E-state index in [0.717, 1.165) is 51.0 Å². The third-order valence-electron chi connectivity index (χ3n) is 4.75. The summed E-state index contributed by atoms with van der Waals surface area (Å²) < 4.78 is 19.6. The molecule has 0 unspecified atom stereocenters. The topological polar surface area (TPSA) is 62.1 Å². The standard InChI is InChI=1S/C22H24N2O4S2/c1-3-24-17-13-18-19(28-11-10-27-18)14-20(17)30-22(24)23-21(25)5-4-12-29-16-8-6-15(26-2)7-9-16/h6-9,13-14H,3-5,10-12H2,1-2H3. The Labute approximate surface area is 183 Å². The lowest BCUT2D eigenvalue weighted by molar-refractivity contribution is -0.118. The molecule has 1 amide bonds.